The summed E-state index contributed by atoms with van der Waals surface area (Å²) in [5.41, 5.74) is 3.82. The molecule has 1 aliphatic heterocycles. The summed E-state index contributed by atoms with van der Waals surface area (Å²) in [4.78, 5) is 47.1. The fourth-order valence-electron chi connectivity index (χ4n) is 4.60. The van der Waals surface area contributed by atoms with Crippen LogP contribution in [0.5, 0.6) is 0 Å². The van der Waals surface area contributed by atoms with Crippen molar-refractivity contribution in [3.8, 4) is 10.4 Å². The number of carbonyl (C=O) groups excluding carboxylic acids is 3. The van der Waals surface area contributed by atoms with E-state index in [0.717, 1.165) is 21.7 Å². The van der Waals surface area contributed by atoms with Crippen molar-refractivity contribution in [2.75, 3.05) is 6.54 Å². The second kappa shape index (κ2) is 10.9. The van der Waals surface area contributed by atoms with Gasteiger partial charge < -0.3 is 15.5 Å². The van der Waals surface area contributed by atoms with Gasteiger partial charge >= 0.3 is 0 Å². The molecule has 0 spiro atoms. The number of thiazole rings is 1. The van der Waals surface area contributed by atoms with E-state index in [1.165, 1.54) is 0 Å². The number of aryl methyl sites for hydroxylation is 1. The van der Waals surface area contributed by atoms with E-state index >= 15 is 0 Å². The summed E-state index contributed by atoms with van der Waals surface area (Å²) in [6.07, 6.45) is 0.595. The molecule has 3 amide bonds. The van der Waals surface area contributed by atoms with Crippen LogP contribution in [0.2, 0.25) is 0 Å². The largest absolute Gasteiger partial charge is 0.348 e. The molecule has 1 aromatic carbocycles. The molecule has 2 heterocycles. The third kappa shape index (κ3) is 6.78. The summed E-state index contributed by atoms with van der Waals surface area (Å²) in [5.74, 6) is -0.357. The number of benzene rings is 1. The van der Waals surface area contributed by atoms with Crippen LogP contribution < -0.4 is 10.6 Å². The van der Waals surface area contributed by atoms with Crippen LogP contribution in [0.25, 0.3) is 10.4 Å². The van der Waals surface area contributed by atoms with Gasteiger partial charge in [-0.05, 0) is 42.7 Å². The first-order valence-electron chi connectivity index (χ1n) is 13.0. The van der Waals surface area contributed by atoms with Gasteiger partial charge in [0.1, 0.15) is 12.1 Å². The van der Waals surface area contributed by atoms with Gasteiger partial charge in [0.25, 0.3) is 0 Å². The predicted octanol–water partition coefficient (Wildman–Crippen LogP) is 5.11. The standard InChI is InChI=1S/C29H42N4O3S/c1-17-14-22(33(15-17)26(35)24(28(4,5)6)32-27(36)29(7,8)9)25(34)31-18(2)20-10-12-21(13-11-20)23-19(3)30-16-37-23/h10-13,16-18,22,24H,14-15H2,1-9H3,(H,31,34)(H,32,36)/t17-,18-,22+,24-/m1/s1. The Morgan fingerprint density at radius 3 is 2.19 bits per heavy atom. The average molecular weight is 527 g/mol. The Balaban J connectivity index is 1.74. The summed E-state index contributed by atoms with van der Waals surface area (Å²) in [6.45, 7) is 17.8. The van der Waals surface area contributed by atoms with E-state index in [0.29, 0.717) is 13.0 Å². The minimum absolute atomic E-state index is 0.164. The molecule has 8 heteroatoms. The van der Waals surface area contributed by atoms with E-state index in [9.17, 15) is 14.4 Å². The second-order valence-electron chi connectivity index (χ2n) is 12.5. The van der Waals surface area contributed by atoms with Crippen LogP contribution in [0.1, 0.15) is 79.1 Å². The lowest BCUT2D eigenvalue weighted by atomic mass is 9.84. The number of nitrogens with zero attached hydrogens (tertiary/aromatic N) is 2. The fraction of sp³-hybridized carbons (Fsp3) is 0.586. The number of aromatic nitrogens is 1. The Kier molecular flexibility index (Phi) is 8.52. The first kappa shape index (κ1) is 28.8. The molecular weight excluding hydrogens is 484 g/mol. The van der Waals surface area contributed by atoms with Gasteiger partial charge in [0.2, 0.25) is 17.7 Å². The predicted molar refractivity (Wildman–Crippen MR) is 149 cm³/mol. The van der Waals surface area contributed by atoms with Crippen LogP contribution in [0.4, 0.5) is 0 Å². The second-order valence-corrected chi connectivity index (χ2v) is 13.3. The zero-order valence-electron chi connectivity index (χ0n) is 23.6. The minimum Gasteiger partial charge on any atom is -0.348 e. The van der Waals surface area contributed by atoms with Crippen molar-refractivity contribution in [3.05, 3.63) is 41.0 Å². The van der Waals surface area contributed by atoms with E-state index in [4.69, 9.17) is 0 Å². The Bertz CT molecular complexity index is 1130. The van der Waals surface area contributed by atoms with Gasteiger partial charge in [-0.25, -0.2) is 4.98 Å². The van der Waals surface area contributed by atoms with Crippen LogP contribution in [0.15, 0.2) is 29.8 Å². The van der Waals surface area contributed by atoms with Crippen molar-refractivity contribution in [1.82, 2.24) is 20.5 Å². The highest BCUT2D eigenvalue weighted by Gasteiger charge is 2.44. The monoisotopic (exact) mass is 526 g/mol. The molecule has 0 saturated carbocycles. The molecule has 7 nitrogen and oxygen atoms in total. The van der Waals surface area contributed by atoms with E-state index in [1.54, 1.807) is 16.2 Å². The Labute approximate surface area is 225 Å². The maximum atomic E-state index is 13.8. The van der Waals surface area contributed by atoms with Crippen LogP contribution in [-0.2, 0) is 14.4 Å². The van der Waals surface area contributed by atoms with Crippen molar-refractivity contribution < 1.29 is 14.4 Å². The molecule has 37 heavy (non-hydrogen) atoms. The van der Waals surface area contributed by atoms with Gasteiger partial charge in [0, 0.05) is 12.0 Å². The molecule has 2 aromatic rings. The number of rotatable bonds is 6. The SMILES string of the molecule is Cc1ncsc1-c1ccc([C@@H](C)NC(=O)[C@@H]2C[C@@H](C)CN2C(=O)[C@@H](NC(=O)C(C)(C)C)C(C)(C)C)cc1. The molecule has 1 aromatic heterocycles. The van der Waals surface area contributed by atoms with Crippen molar-refractivity contribution in [1.29, 1.82) is 0 Å². The Hall–Kier alpha value is -2.74. The number of nitrogens with one attached hydrogen (secondary N) is 2. The highest BCUT2D eigenvalue weighted by Crippen LogP contribution is 2.31. The normalized spacial score (nSPS) is 19.9. The fourth-order valence-corrected chi connectivity index (χ4v) is 5.41. The molecule has 4 atom stereocenters. The molecule has 0 aliphatic carbocycles. The average Bonchev–Trinajstić information content (AvgIpc) is 3.40. The van der Waals surface area contributed by atoms with Gasteiger partial charge in [-0.1, -0.05) is 72.7 Å². The summed E-state index contributed by atoms with van der Waals surface area (Å²) >= 11 is 1.61. The lowest BCUT2D eigenvalue weighted by molar-refractivity contribution is -0.145. The molecule has 3 rings (SSSR count). The number of amides is 3. The summed E-state index contributed by atoms with van der Waals surface area (Å²) < 4.78 is 0. The number of hydrogen-bond donors (Lipinski definition) is 2. The highest BCUT2D eigenvalue weighted by molar-refractivity contribution is 7.13. The molecule has 202 valence electrons. The molecule has 1 aliphatic rings. The first-order chi connectivity index (χ1) is 17.1. The smallest absolute Gasteiger partial charge is 0.246 e. The van der Waals surface area contributed by atoms with E-state index in [-0.39, 0.29) is 29.7 Å². The molecule has 0 bridgehead atoms. The molecular formula is C29H42N4O3S. The molecule has 0 unspecified atom stereocenters. The van der Waals surface area contributed by atoms with Gasteiger partial charge in [-0.15, -0.1) is 11.3 Å². The molecule has 1 fully saturated rings. The lowest BCUT2D eigenvalue weighted by Crippen LogP contribution is -2.59. The highest BCUT2D eigenvalue weighted by atomic mass is 32.1. The molecule has 0 radical (unpaired) electrons. The van der Waals surface area contributed by atoms with Crippen LogP contribution in [-0.4, -0.2) is 46.2 Å². The van der Waals surface area contributed by atoms with Crippen LogP contribution >= 0.6 is 11.3 Å². The van der Waals surface area contributed by atoms with Crippen LogP contribution in [0, 0.1) is 23.7 Å². The number of likely N-dealkylation sites (tertiary alicyclic amines) is 1. The Morgan fingerprint density at radius 2 is 1.68 bits per heavy atom. The van der Waals surface area contributed by atoms with E-state index in [1.807, 2.05) is 73.0 Å². The van der Waals surface area contributed by atoms with Gasteiger partial charge in [0.05, 0.1) is 22.1 Å². The summed E-state index contributed by atoms with van der Waals surface area (Å²) in [6, 6.07) is 6.65. The van der Waals surface area contributed by atoms with Gasteiger partial charge in [0.15, 0.2) is 0 Å². The zero-order chi connectivity index (χ0) is 27.7. The minimum atomic E-state index is -0.722. The molecule has 1 saturated heterocycles. The topological polar surface area (TPSA) is 91.4 Å². The number of hydrogen-bond acceptors (Lipinski definition) is 5. The van der Waals surface area contributed by atoms with Crippen molar-refractivity contribution in [2.24, 2.45) is 16.7 Å². The summed E-state index contributed by atoms with van der Waals surface area (Å²) in [5, 5.41) is 6.09. The van der Waals surface area contributed by atoms with Gasteiger partial charge in [-0.2, -0.15) is 0 Å². The third-order valence-electron chi connectivity index (χ3n) is 6.94. The van der Waals surface area contributed by atoms with Crippen LogP contribution in [0.3, 0.4) is 0 Å². The van der Waals surface area contributed by atoms with E-state index in [2.05, 4.69) is 34.7 Å². The maximum absolute atomic E-state index is 13.8. The zero-order valence-corrected chi connectivity index (χ0v) is 24.5. The quantitative estimate of drug-likeness (QED) is 0.547. The lowest BCUT2D eigenvalue weighted by Gasteiger charge is -2.37. The van der Waals surface area contributed by atoms with Gasteiger partial charge in [-0.3, -0.25) is 14.4 Å². The van der Waals surface area contributed by atoms with Crippen molar-refractivity contribution in [2.45, 2.75) is 86.9 Å². The van der Waals surface area contributed by atoms with Crippen molar-refractivity contribution >= 4 is 29.1 Å². The Morgan fingerprint density at radius 1 is 1.05 bits per heavy atom. The third-order valence-corrected chi connectivity index (χ3v) is 7.92. The first-order valence-corrected chi connectivity index (χ1v) is 13.9. The summed E-state index contributed by atoms with van der Waals surface area (Å²) in [7, 11) is 0. The van der Waals surface area contributed by atoms with Crippen molar-refractivity contribution in [3.63, 3.8) is 0 Å². The van der Waals surface area contributed by atoms with E-state index < -0.39 is 22.9 Å². The molecule has 2 N–H and O–H groups in total. The maximum Gasteiger partial charge on any atom is 0.246 e. The number of carbonyl (C=O) groups is 3.